The second-order valence-corrected chi connectivity index (χ2v) is 4.40. The van der Waals surface area contributed by atoms with E-state index in [1.165, 1.54) is 5.56 Å². The van der Waals surface area contributed by atoms with Crippen LogP contribution in [0.4, 0.5) is 3.52 Å². The zero-order valence-electron chi connectivity index (χ0n) is 8.68. The van der Waals surface area contributed by atoms with Gasteiger partial charge in [-0.05, 0) is 13.0 Å². The maximum absolute atomic E-state index is 11.4. The number of halogens is 1. The van der Waals surface area contributed by atoms with Crippen LogP contribution in [0.15, 0.2) is 24.3 Å². The highest BCUT2D eigenvalue weighted by atomic mass is 27.2. The molecule has 0 aliphatic carbocycles. The molecule has 0 bridgehead atoms. The van der Waals surface area contributed by atoms with E-state index in [4.69, 9.17) is 0 Å². The summed E-state index contributed by atoms with van der Waals surface area (Å²) in [7, 11) is 0. The summed E-state index contributed by atoms with van der Waals surface area (Å²) in [5, 5.41) is 0.847. The Bertz CT molecular complexity index is 197. The van der Waals surface area contributed by atoms with Gasteiger partial charge < -0.3 is 3.52 Å². The molecule has 0 fully saturated rings. The molecule has 0 nitrogen and oxygen atoms in total. The topological polar surface area (TPSA) is 0 Å². The molecule has 0 heterocycles. The van der Waals surface area contributed by atoms with E-state index in [9.17, 15) is 3.52 Å². The Kier molecular flexibility index (Phi) is 8.09. The molecule has 2 heteroatoms. The van der Waals surface area contributed by atoms with Crippen molar-refractivity contribution in [1.82, 2.24) is 0 Å². The van der Waals surface area contributed by atoms with Crippen LogP contribution in [-0.4, -0.2) is 15.7 Å². The van der Waals surface area contributed by atoms with E-state index in [-0.39, 0.29) is 0 Å². The highest BCUT2D eigenvalue weighted by molar-refractivity contribution is 6.26. The van der Waals surface area contributed by atoms with Crippen LogP contribution in [0, 0.1) is 18.9 Å². The first-order valence-electron chi connectivity index (χ1n) is 4.65. The summed E-state index contributed by atoms with van der Waals surface area (Å²) in [5.41, 5.74) is 1.29. The number of hydrogen-bond acceptors (Lipinski definition) is 0. The van der Waals surface area contributed by atoms with Gasteiger partial charge in [0.25, 0.3) is 0 Å². The lowest BCUT2D eigenvalue weighted by atomic mass is 10.2. The second kappa shape index (κ2) is 8.29. The predicted octanol–water partition coefficient (Wildman–Crippen LogP) is 3.18. The molecular formula is C11H17AlF. The standard InChI is InChI=1S/C7H7.C4H9.Al.FH.H/c1-7-5-3-2-4-6-7;1-4(2)3;;;/h3-6H,1H3;4H,1H2,2-3H3;;1H;/q;;+1;;/p-1. The van der Waals surface area contributed by atoms with Crippen LogP contribution in [-0.2, 0) is 0 Å². The fraction of sp³-hybridized carbons (Fsp3) is 0.455. The van der Waals surface area contributed by atoms with Crippen molar-refractivity contribution in [2.75, 3.05) is 0 Å². The molecular weight excluding hydrogens is 178 g/mol. The Hall–Kier alpha value is -0.318. The van der Waals surface area contributed by atoms with E-state index in [0.29, 0.717) is 5.92 Å². The quantitative estimate of drug-likeness (QED) is 0.636. The van der Waals surface area contributed by atoms with Gasteiger partial charge in [0.2, 0.25) is 0 Å². The van der Waals surface area contributed by atoms with E-state index >= 15 is 0 Å². The van der Waals surface area contributed by atoms with Crippen LogP contribution < -0.4 is 0 Å². The van der Waals surface area contributed by atoms with Gasteiger partial charge >= 0.3 is 15.7 Å². The normalized spacial score (nSPS) is 9.00. The minimum absolute atomic E-state index is 0.585. The van der Waals surface area contributed by atoms with Crippen molar-refractivity contribution >= 4 is 15.7 Å². The third-order valence-corrected chi connectivity index (χ3v) is 2.94. The Morgan fingerprint density at radius 3 is 2.08 bits per heavy atom. The first-order chi connectivity index (χ1) is 6.16. The first kappa shape index (κ1) is 12.7. The maximum Gasteiger partial charge on any atom is 0.494 e. The van der Waals surface area contributed by atoms with Crippen molar-refractivity contribution in [1.29, 1.82) is 0 Å². The molecule has 1 radical (unpaired) electrons. The van der Waals surface area contributed by atoms with Crippen LogP contribution in [0.3, 0.4) is 0 Å². The maximum atomic E-state index is 11.4. The van der Waals surface area contributed by atoms with Gasteiger partial charge in [0, 0.05) is 0 Å². The van der Waals surface area contributed by atoms with Crippen LogP contribution in [0.25, 0.3) is 0 Å². The van der Waals surface area contributed by atoms with Gasteiger partial charge in [0.15, 0.2) is 0 Å². The van der Waals surface area contributed by atoms with Crippen molar-refractivity contribution in [3.63, 3.8) is 0 Å². The lowest BCUT2D eigenvalue weighted by molar-refractivity contribution is 0.702. The molecule has 13 heavy (non-hydrogen) atoms. The second-order valence-electron chi connectivity index (χ2n) is 3.45. The SMILES string of the molecule is CC(C)[CH2][AlH][F].Cc1cc[c]cc1. The van der Waals surface area contributed by atoms with Gasteiger partial charge in [-0.25, -0.2) is 0 Å². The summed E-state index contributed by atoms with van der Waals surface area (Å²) in [6.07, 6.45) is 0. The average molecular weight is 195 g/mol. The number of benzene rings is 1. The summed E-state index contributed by atoms with van der Waals surface area (Å²) in [6, 6.07) is 10.8. The molecule has 1 aromatic rings. The molecule has 0 aliphatic heterocycles. The molecule has 0 saturated carbocycles. The Balaban J connectivity index is 0.000000226. The monoisotopic (exact) mass is 195 g/mol. The molecule has 0 N–H and O–H groups in total. The average Bonchev–Trinajstić information content (AvgIpc) is 2.06. The summed E-state index contributed by atoms with van der Waals surface area (Å²) in [6.45, 7) is 6.16. The number of hydrogen-bond donors (Lipinski definition) is 0. The third-order valence-electron chi connectivity index (χ3n) is 1.57. The molecule has 0 spiro atoms. The minimum Gasteiger partial charge on any atom is -0.424 e. The fourth-order valence-electron chi connectivity index (χ4n) is 0.688. The number of aryl methyl sites for hydroxylation is 1. The van der Waals surface area contributed by atoms with Gasteiger partial charge in [-0.2, -0.15) is 0 Å². The summed E-state index contributed by atoms with van der Waals surface area (Å²) >= 11 is -1.13. The van der Waals surface area contributed by atoms with Crippen LogP contribution in [0.1, 0.15) is 19.4 Å². The van der Waals surface area contributed by atoms with E-state index < -0.39 is 15.7 Å². The summed E-state index contributed by atoms with van der Waals surface area (Å²) in [4.78, 5) is 0. The molecule has 0 amide bonds. The van der Waals surface area contributed by atoms with Gasteiger partial charge in [-0.3, -0.25) is 0 Å². The minimum atomic E-state index is -1.13. The third kappa shape index (κ3) is 9.60. The van der Waals surface area contributed by atoms with Crippen molar-refractivity contribution in [3.8, 4) is 0 Å². The number of rotatable bonds is 2. The van der Waals surface area contributed by atoms with Crippen LogP contribution in [0.5, 0.6) is 0 Å². The molecule has 0 atom stereocenters. The highest BCUT2D eigenvalue weighted by Crippen LogP contribution is 1.97. The van der Waals surface area contributed by atoms with E-state index in [2.05, 4.69) is 13.0 Å². The lowest BCUT2D eigenvalue weighted by Gasteiger charge is -1.92. The zero-order chi connectivity index (χ0) is 10.1. The zero-order valence-corrected chi connectivity index (χ0v) is 10.1. The molecule has 1 rings (SSSR count). The molecule has 0 aromatic heterocycles. The predicted molar refractivity (Wildman–Crippen MR) is 57.9 cm³/mol. The van der Waals surface area contributed by atoms with Gasteiger partial charge in [-0.1, -0.05) is 54.9 Å². The molecule has 0 unspecified atom stereocenters. The van der Waals surface area contributed by atoms with E-state index in [1.54, 1.807) is 0 Å². The first-order valence-corrected chi connectivity index (χ1v) is 6.19. The van der Waals surface area contributed by atoms with E-state index in [0.717, 1.165) is 5.28 Å². The van der Waals surface area contributed by atoms with Gasteiger partial charge in [-0.15, -0.1) is 0 Å². The van der Waals surface area contributed by atoms with Crippen LogP contribution in [0.2, 0.25) is 5.28 Å². The highest BCUT2D eigenvalue weighted by Gasteiger charge is 1.94. The van der Waals surface area contributed by atoms with Gasteiger partial charge in [0.1, 0.15) is 0 Å². The van der Waals surface area contributed by atoms with Gasteiger partial charge in [0.05, 0.1) is 0 Å². The Labute approximate surface area is 87.4 Å². The molecule has 0 saturated heterocycles. The summed E-state index contributed by atoms with van der Waals surface area (Å²) in [5.74, 6) is 0.585. The van der Waals surface area contributed by atoms with Crippen LogP contribution >= 0.6 is 0 Å². The van der Waals surface area contributed by atoms with Crippen molar-refractivity contribution in [2.45, 2.75) is 26.1 Å². The van der Waals surface area contributed by atoms with Crippen molar-refractivity contribution in [2.24, 2.45) is 5.92 Å². The van der Waals surface area contributed by atoms with Crippen molar-refractivity contribution in [3.05, 3.63) is 35.9 Å². The lowest BCUT2D eigenvalue weighted by Crippen LogP contribution is -1.87. The molecule has 71 valence electrons. The summed E-state index contributed by atoms with van der Waals surface area (Å²) < 4.78 is 11.4. The molecule has 1 aromatic carbocycles. The largest absolute Gasteiger partial charge is 0.494 e. The Morgan fingerprint density at radius 2 is 1.92 bits per heavy atom. The fourth-order valence-corrected chi connectivity index (χ4v) is 1.12. The molecule has 0 aliphatic rings. The van der Waals surface area contributed by atoms with Crippen molar-refractivity contribution < 1.29 is 3.52 Å². The van der Waals surface area contributed by atoms with E-state index in [1.807, 2.05) is 38.1 Å². The Morgan fingerprint density at radius 1 is 1.38 bits per heavy atom. The smallest absolute Gasteiger partial charge is 0.424 e.